The number of nitrogens with zero attached hydrogens (tertiary/aromatic N) is 2. The largest absolute Gasteiger partial charge is 0.493 e. The van der Waals surface area contributed by atoms with E-state index in [9.17, 15) is 10.1 Å². The summed E-state index contributed by atoms with van der Waals surface area (Å²) < 4.78 is 5.49. The van der Waals surface area contributed by atoms with Crippen LogP contribution < -0.4 is 4.74 Å². The van der Waals surface area contributed by atoms with E-state index in [1.165, 1.54) is 11.6 Å². The van der Waals surface area contributed by atoms with Crippen molar-refractivity contribution in [2.75, 3.05) is 6.61 Å². The van der Waals surface area contributed by atoms with E-state index in [1.54, 1.807) is 19.1 Å². The van der Waals surface area contributed by atoms with Crippen molar-refractivity contribution in [3.8, 4) is 5.75 Å². The van der Waals surface area contributed by atoms with E-state index < -0.39 is 0 Å². The third-order valence-corrected chi connectivity index (χ3v) is 4.14. The summed E-state index contributed by atoms with van der Waals surface area (Å²) in [6.45, 7) is 4.50. The summed E-state index contributed by atoms with van der Waals surface area (Å²) in [5, 5.41) is 15.1. The number of fused-ring (bicyclic) bond motifs is 1. The molecule has 124 valence electrons. The molecule has 1 aliphatic heterocycles. The second-order valence-electron chi connectivity index (χ2n) is 5.69. The Hall–Kier alpha value is -2.89. The summed E-state index contributed by atoms with van der Waals surface area (Å²) in [5.74, 6) is 0.930. The average molecular weight is 326 g/mol. The summed E-state index contributed by atoms with van der Waals surface area (Å²) in [6, 6.07) is 10.9. The Kier molecular flexibility index (Phi) is 4.46. The van der Waals surface area contributed by atoms with Gasteiger partial charge in [-0.25, -0.2) is 0 Å². The molecule has 3 rings (SSSR count). The molecule has 6 nitrogen and oxygen atoms in total. The van der Waals surface area contributed by atoms with Crippen molar-refractivity contribution in [1.29, 1.82) is 0 Å². The van der Waals surface area contributed by atoms with Crippen molar-refractivity contribution in [1.82, 2.24) is 0 Å². The molecule has 0 N–H and O–H groups in total. The molecule has 0 amide bonds. The van der Waals surface area contributed by atoms with E-state index in [1.807, 2.05) is 19.1 Å². The molecule has 24 heavy (non-hydrogen) atoms. The molecular formula is C18H18N2O4. The number of ether oxygens (including phenoxy) is 1. The Morgan fingerprint density at radius 2 is 2.21 bits per heavy atom. The first-order valence-electron chi connectivity index (χ1n) is 7.72. The van der Waals surface area contributed by atoms with E-state index in [0.29, 0.717) is 5.56 Å². The molecule has 1 aliphatic rings. The van der Waals surface area contributed by atoms with Crippen LogP contribution in [0, 0.1) is 17.0 Å². The molecule has 0 aromatic heterocycles. The van der Waals surface area contributed by atoms with Gasteiger partial charge < -0.3 is 9.57 Å². The van der Waals surface area contributed by atoms with Crippen LogP contribution in [-0.2, 0) is 17.9 Å². The molecule has 0 aliphatic carbocycles. The molecule has 2 aromatic carbocycles. The first-order valence-corrected chi connectivity index (χ1v) is 7.72. The number of oxime groups is 1. The highest BCUT2D eigenvalue weighted by atomic mass is 16.6. The summed E-state index contributed by atoms with van der Waals surface area (Å²) in [7, 11) is 0. The predicted molar refractivity (Wildman–Crippen MR) is 90.5 cm³/mol. The molecule has 0 saturated carbocycles. The number of nitro groups is 1. The van der Waals surface area contributed by atoms with E-state index in [0.717, 1.165) is 35.6 Å². The Balaban J connectivity index is 1.70. The highest BCUT2D eigenvalue weighted by Crippen LogP contribution is 2.26. The monoisotopic (exact) mass is 326 g/mol. The molecule has 0 radical (unpaired) electrons. The number of nitro benzene ring substituents is 1. The standard InChI is InChI=1S/C18H18N2O4/c1-12-16(4-3-5-17(12)20(21)22)11-24-19-13(2)14-6-7-18-15(10-14)8-9-23-18/h3-7,10H,8-9,11H2,1-2H3/b19-13+. The zero-order chi connectivity index (χ0) is 17.1. The Labute approximate surface area is 139 Å². The highest BCUT2D eigenvalue weighted by molar-refractivity contribution is 5.98. The minimum absolute atomic E-state index is 0.0930. The van der Waals surface area contributed by atoms with Crippen molar-refractivity contribution in [2.24, 2.45) is 5.16 Å². The van der Waals surface area contributed by atoms with Gasteiger partial charge in [-0.15, -0.1) is 0 Å². The van der Waals surface area contributed by atoms with Gasteiger partial charge in [0.25, 0.3) is 5.69 Å². The van der Waals surface area contributed by atoms with Crippen LogP contribution in [0.2, 0.25) is 0 Å². The van der Waals surface area contributed by atoms with Crippen LogP contribution in [0.25, 0.3) is 0 Å². The lowest BCUT2D eigenvalue weighted by Gasteiger charge is -2.07. The van der Waals surface area contributed by atoms with E-state index in [-0.39, 0.29) is 17.2 Å². The fraction of sp³-hybridized carbons (Fsp3) is 0.278. The topological polar surface area (TPSA) is 74.0 Å². The first kappa shape index (κ1) is 16.0. The van der Waals surface area contributed by atoms with Crippen LogP contribution in [0.1, 0.15) is 29.2 Å². The van der Waals surface area contributed by atoms with Crippen molar-refractivity contribution < 1.29 is 14.5 Å². The zero-order valence-corrected chi connectivity index (χ0v) is 13.6. The minimum atomic E-state index is -0.389. The van der Waals surface area contributed by atoms with Crippen LogP contribution in [-0.4, -0.2) is 17.2 Å². The molecule has 2 aromatic rings. The normalized spacial score (nSPS) is 13.3. The quantitative estimate of drug-likeness (QED) is 0.476. The van der Waals surface area contributed by atoms with E-state index >= 15 is 0 Å². The third kappa shape index (κ3) is 3.22. The van der Waals surface area contributed by atoms with Gasteiger partial charge in [0.1, 0.15) is 12.4 Å². The maximum atomic E-state index is 11.0. The lowest BCUT2D eigenvalue weighted by atomic mass is 10.1. The Morgan fingerprint density at radius 3 is 3.00 bits per heavy atom. The summed E-state index contributed by atoms with van der Waals surface area (Å²) in [6.07, 6.45) is 0.907. The first-order chi connectivity index (χ1) is 11.6. The molecule has 6 heteroatoms. The van der Waals surface area contributed by atoms with Crippen LogP contribution in [0.15, 0.2) is 41.6 Å². The third-order valence-electron chi connectivity index (χ3n) is 4.14. The average Bonchev–Trinajstić information content (AvgIpc) is 3.03. The highest BCUT2D eigenvalue weighted by Gasteiger charge is 2.14. The molecule has 0 fully saturated rings. The smallest absolute Gasteiger partial charge is 0.272 e. The van der Waals surface area contributed by atoms with Crippen molar-refractivity contribution in [3.05, 3.63) is 68.8 Å². The lowest BCUT2D eigenvalue weighted by Crippen LogP contribution is -2.00. The Morgan fingerprint density at radius 1 is 1.38 bits per heavy atom. The number of rotatable bonds is 5. The van der Waals surface area contributed by atoms with Gasteiger partial charge in [0.15, 0.2) is 0 Å². The summed E-state index contributed by atoms with van der Waals surface area (Å²) in [4.78, 5) is 16.0. The van der Waals surface area contributed by atoms with Gasteiger partial charge in [-0.2, -0.15) is 0 Å². The Bertz CT molecular complexity index is 815. The van der Waals surface area contributed by atoms with Gasteiger partial charge in [-0.05, 0) is 43.2 Å². The van der Waals surface area contributed by atoms with Crippen LogP contribution in [0.3, 0.4) is 0 Å². The molecule has 0 bridgehead atoms. The van der Waals surface area contributed by atoms with Gasteiger partial charge in [0.05, 0.1) is 17.2 Å². The van der Waals surface area contributed by atoms with Crippen molar-refractivity contribution in [3.63, 3.8) is 0 Å². The molecule has 0 atom stereocenters. The number of hydrogen-bond donors (Lipinski definition) is 0. The van der Waals surface area contributed by atoms with E-state index in [4.69, 9.17) is 9.57 Å². The van der Waals surface area contributed by atoms with Gasteiger partial charge in [-0.1, -0.05) is 17.3 Å². The molecular weight excluding hydrogens is 308 g/mol. The fourth-order valence-electron chi connectivity index (χ4n) is 2.69. The van der Waals surface area contributed by atoms with Crippen LogP contribution >= 0.6 is 0 Å². The number of hydrogen-bond acceptors (Lipinski definition) is 5. The lowest BCUT2D eigenvalue weighted by molar-refractivity contribution is -0.385. The van der Waals surface area contributed by atoms with Crippen LogP contribution in [0.4, 0.5) is 5.69 Å². The summed E-state index contributed by atoms with van der Waals surface area (Å²) in [5.41, 5.74) is 4.36. The van der Waals surface area contributed by atoms with Crippen molar-refractivity contribution in [2.45, 2.75) is 26.9 Å². The van der Waals surface area contributed by atoms with Crippen LogP contribution in [0.5, 0.6) is 5.75 Å². The maximum absolute atomic E-state index is 11.0. The molecule has 1 heterocycles. The summed E-state index contributed by atoms with van der Waals surface area (Å²) >= 11 is 0. The van der Waals surface area contributed by atoms with Gasteiger partial charge in [-0.3, -0.25) is 10.1 Å². The molecule has 0 spiro atoms. The maximum Gasteiger partial charge on any atom is 0.272 e. The fourth-order valence-corrected chi connectivity index (χ4v) is 2.69. The van der Waals surface area contributed by atoms with Gasteiger partial charge in [0, 0.05) is 23.6 Å². The second kappa shape index (κ2) is 6.70. The predicted octanol–water partition coefficient (Wildman–Crippen LogP) is 3.78. The molecule has 0 unspecified atom stereocenters. The molecule has 0 saturated heterocycles. The second-order valence-corrected chi connectivity index (χ2v) is 5.69. The van der Waals surface area contributed by atoms with Gasteiger partial charge >= 0.3 is 0 Å². The van der Waals surface area contributed by atoms with E-state index in [2.05, 4.69) is 11.2 Å². The minimum Gasteiger partial charge on any atom is -0.493 e. The number of benzene rings is 2. The SMILES string of the molecule is C/C(=N\OCc1cccc([N+](=O)[O-])c1C)c1ccc2c(c1)CCO2. The van der Waals surface area contributed by atoms with Crippen molar-refractivity contribution >= 4 is 11.4 Å². The zero-order valence-electron chi connectivity index (χ0n) is 13.6. The van der Waals surface area contributed by atoms with Gasteiger partial charge in [0.2, 0.25) is 0 Å².